The van der Waals surface area contributed by atoms with Crippen molar-refractivity contribution in [1.82, 2.24) is 9.47 Å². The number of nitrogens with zero attached hydrogens (tertiary/aromatic N) is 2. The summed E-state index contributed by atoms with van der Waals surface area (Å²) in [5.41, 5.74) is 3.10. The molecule has 0 radical (unpaired) electrons. The first-order valence-electron chi connectivity index (χ1n) is 6.89. The smallest absolute Gasteiger partial charge is 0.178 e. The third-order valence-electron chi connectivity index (χ3n) is 3.52. The molecule has 1 aromatic rings. The van der Waals surface area contributed by atoms with Gasteiger partial charge in [0, 0.05) is 24.0 Å². The zero-order chi connectivity index (χ0) is 13.7. The van der Waals surface area contributed by atoms with Crippen LogP contribution < -0.4 is 0 Å². The zero-order valence-corrected chi connectivity index (χ0v) is 12.4. The van der Waals surface area contributed by atoms with Gasteiger partial charge in [-0.15, -0.1) is 0 Å². The molecule has 0 aliphatic rings. The first kappa shape index (κ1) is 15.0. The molecule has 0 aliphatic carbocycles. The Morgan fingerprint density at radius 3 is 2.17 bits per heavy atom. The molecule has 18 heavy (non-hydrogen) atoms. The second-order valence-corrected chi connectivity index (χ2v) is 5.04. The van der Waals surface area contributed by atoms with Crippen molar-refractivity contribution in [1.29, 1.82) is 0 Å². The van der Waals surface area contributed by atoms with E-state index in [9.17, 15) is 4.79 Å². The summed E-state index contributed by atoms with van der Waals surface area (Å²) >= 11 is 0. The fourth-order valence-electron chi connectivity index (χ4n) is 2.33. The summed E-state index contributed by atoms with van der Waals surface area (Å²) in [6.07, 6.45) is 2.19. The molecular formula is C15H26N2O. The molecule has 3 nitrogen and oxygen atoms in total. The zero-order valence-electron chi connectivity index (χ0n) is 12.4. The monoisotopic (exact) mass is 250 g/mol. The highest BCUT2D eigenvalue weighted by atomic mass is 16.1. The Bertz CT molecular complexity index is 401. The van der Waals surface area contributed by atoms with Crippen molar-refractivity contribution in [3.63, 3.8) is 0 Å². The minimum atomic E-state index is 0.248. The average Bonchev–Trinajstić information content (AvgIpc) is 2.58. The van der Waals surface area contributed by atoms with Crippen molar-refractivity contribution in [3.8, 4) is 0 Å². The lowest BCUT2D eigenvalue weighted by Gasteiger charge is -2.19. The number of hydrogen-bond acceptors (Lipinski definition) is 2. The van der Waals surface area contributed by atoms with E-state index < -0.39 is 0 Å². The molecule has 0 N–H and O–H groups in total. The van der Waals surface area contributed by atoms with Gasteiger partial charge in [0.05, 0.1) is 6.54 Å². The highest BCUT2D eigenvalue weighted by molar-refractivity contribution is 5.99. The Morgan fingerprint density at radius 2 is 1.78 bits per heavy atom. The first-order chi connectivity index (χ1) is 8.51. The van der Waals surface area contributed by atoms with Gasteiger partial charge in [0.1, 0.15) is 0 Å². The Morgan fingerprint density at radius 1 is 1.22 bits per heavy atom. The topological polar surface area (TPSA) is 25.2 Å². The molecule has 102 valence electrons. The maximum atomic E-state index is 12.3. The van der Waals surface area contributed by atoms with Crippen molar-refractivity contribution in [3.05, 3.63) is 23.0 Å². The molecule has 1 heterocycles. The van der Waals surface area contributed by atoms with Gasteiger partial charge in [-0.2, -0.15) is 0 Å². The number of carbonyl (C=O) groups excluding carboxylic acids is 1. The van der Waals surface area contributed by atoms with Crippen LogP contribution in [0.25, 0.3) is 0 Å². The number of Topliss-reactive ketones (excluding diaryl/α,β-unsaturated/α-hetero) is 1. The van der Waals surface area contributed by atoms with Crippen molar-refractivity contribution in [2.45, 2.75) is 40.5 Å². The molecule has 0 fully saturated rings. The Balaban J connectivity index is 2.77. The third kappa shape index (κ3) is 3.45. The molecule has 1 rings (SSSR count). The van der Waals surface area contributed by atoms with Crippen LogP contribution in [0.3, 0.4) is 0 Å². The van der Waals surface area contributed by atoms with E-state index in [4.69, 9.17) is 0 Å². The molecule has 1 aromatic heterocycles. The maximum Gasteiger partial charge on any atom is 0.178 e. The molecule has 0 aromatic carbocycles. The van der Waals surface area contributed by atoms with Crippen LogP contribution in [0.5, 0.6) is 0 Å². The van der Waals surface area contributed by atoms with Crippen LogP contribution in [0.4, 0.5) is 0 Å². The fourth-order valence-corrected chi connectivity index (χ4v) is 2.33. The molecule has 0 unspecified atom stereocenters. The summed E-state index contributed by atoms with van der Waals surface area (Å²) in [6, 6.07) is 2.01. The molecule has 0 amide bonds. The number of hydrogen-bond donors (Lipinski definition) is 0. The van der Waals surface area contributed by atoms with Gasteiger partial charge < -0.3 is 4.57 Å². The lowest BCUT2D eigenvalue weighted by atomic mass is 10.1. The summed E-state index contributed by atoms with van der Waals surface area (Å²) in [6.45, 7) is 10.9. The third-order valence-corrected chi connectivity index (χ3v) is 3.52. The quantitative estimate of drug-likeness (QED) is 0.695. The van der Waals surface area contributed by atoms with Crippen molar-refractivity contribution < 1.29 is 4.79 Å². The van der Waals surface area contributed by atoms with Crippen molar-refractivity contribution in [2.75, 3.05) is 19.6 Å². The van der Waals surface area contributed by atoms with Crippen molar-refractivity contribution in [2.24, 2.45) is 7.05 Å². The predicted octanol–water partition coefficient (Wildman–Crippen LogP) is 2.95. The molecule has 0 saturated carbocycles. The lowest BCUT2D eigenvalue weighted by molar-refractivity contribution is 0.0930. The van der Waals surface area contributed by atoms with E-state index >= 15 is 0 Å². The van der Waals surface area contributed by atoms with E-state index in [2.05, 4.69) is 23.3 Å². The molecule has 0 spiro atoms. The van der Waals surface area contributed by atoms with E-state index in [1.807, 2.05) is 27.0 Å². The van der Waals surface area contributed by atoms with Gasteiger partial charge in [0.25, 0.3) is 0 Å². The van der Waals surface area contributed by atoms with Gasteiger partial charge in [-0.1, -0.05) is 13.8 Å². The molecular weight excluding hydrogens is 224 g/mol. The highest BCUT2D eigenvalue weighted by Crippen LogP contribution is 2.14. The van der Waals surface area contributed by atoms with Gasteiger partial charge in [-0.3, -0.25) is 9.69 Å². The number of aromatic nitrogens is 1. The van der Waals surface area contributed by atoms with Crippen LogP contribution in [0, 0.1) is 13.8 Å². The van der Waals surface area contributed by atoms with Crippen LogP contribution in [0.2, 0.25) is 0 Å². The fraction of sp³-hybridized carbons (Fsp3) is 0.667. The average molecular weight is 250 g/mol. The summed E-state index contributed by atoms with van der Waals surface area (Å²) in [5, 5.41) is 0. The van der Waals surface area contributed by atoms with Crippen LogP contribution in [0.15, 0.2) is 6.07 Å². The summed E-state index contributed by atoms with van der Waals surface area (Å²) in [5.74, 6) is 0.248. The van der Waals surface area contributed by atoms with Crippen LogP contribution in [0.1, 0.15) is 48.4 Å². The second kappa shape index (κ2) is 6.74. The number of rotatable bonds is 7. The molecule has 0 aliphatic heterocycles. The van der Waals surface area contributed by atoms with Crippen LogP contribution >= 0.6 is 0 Å². The normalized spacial score (nSPS) is 11.2. The van der Waals surface area contributed by atoms with E-state index in [0.29, 0.717) is 6.54 Å². The van der Waals surface area contributed by atoms with Crippen molar-refractivity contribution >= 4 is 5.78 Å². The minimum Gasteiger partial charge on any atom is -0.351 e. The van der Waals surface area contributed by atoms with Gasteiger partial charge in [0.2, 0.25) is 0 Å². The summed E-state index contributed by atoms with van der Waals surface area (Å²) in [4.78, 5) is 14.6. The number of carbonyl (C=O) groups is 1. The van der Waals surface area contributed by atoms with Gasteiger partial charge >= 0.3 is 0 Å². The van der Waals surface area contributed by atoms with Gasteiger partial charge in [-0.25, -0.2) is 0 Å². The van der Waals surface area contributed by atoms with Crippen LogP contribution in [-0.4, -0.2) is 34.9 Å². The van der Waals surface area contributed by atoms with E-state index in [1.54, 1.807) is 0 Å². The summed E-state index contributed by atoms with van der Waals surface area (Å²) in [7, 11) is 2.01. The van der Waals surface area contributed by atoms with Gasteiger partial charge in [-0.05, 0) is 45.8 Å². The first-order valence-corrected chi connectivity index (χ1v) is 6.89. The highest BCUT2D eigenvalue weighted by Gasteiger charge is 2.16. The predicted molar refractivity (Wildman–Crippen MR) is 76.2 cm³/mol. The van der Waals surface area contributed by atoms with E-state index in [-0.39, 0.29) is 5.78 Å². The van der Waals surface area contributed by atoms with E-state index in [1.165, 1.54) is 0 Å². The molecule has 0 bridgehead atoms. The summed E-state index contributed by atoms with van der Waals surface area (Å²) < 4.78 is 2.08. The largest absolute Gasteiger partial charge is 0.351 e. The van der Waals surface area contributed by atoms with Crippen LogP contribution in [-0.2, 0) is 7.05 Å². The second-order valence-electron chi connectivity index (χ2n) is 5.04. The maximum absolute atomic E-state index is 12.3. The van der Waals surface area contributed by atoms with Gasteiger partial charge in [0.15, 0.2) is 5.78 Å². The molecule has 0 atom stereocenters. The number of aryl methyl sites for hydroxylation is 1. The molecule has 0 saturated heterocycles. The Kier molecular flexibility index (Phi) is 5.60. The lowest BCUT2D eigenvalue weighted by Crippen LogP contribution is -2.31. The molecule has 3 heteroatoms. The SMILES string of the molecule is CCCN(CCC)CC(=O)c1cc(C)n(C)c1C. The Hall–Kier alpha value is -1.09. The standard InChI is InChI=1S/C15H26N2O/c1-6-8-17(9-7-2)11-15(18)14-10-12(3)16(5)13(14)4/h10H,6-9,11H2,1-5H3. The van der Waals surface area contributed by atoms with E-state index in [0.717, 1.165) is 42.9 Å². The number of ketones is 1. The minimum absolute atomic E-state index is 0.248. The Labute approximate surface area is 111 Å².